The lowest BCUT2D eigenvalue weighted by Crippen LogP contribution is -2.55. The lowest BCUT2D eigenvalue weighted by molar-refractivity contribution is -0.140. The fourth-order valence-electron chi connectivity index (χ4n) is 4.63. The van der Waals surface area contributed by atoms with Gasteiger partial charge in [0.25, 0.3) is 0 Å². The Morgan fingerprint density at radius 1 is 0.829 bits per heavy atom. The minimum atomic E-state index is -4.04. The molecular formula is C32H42N4O4S. The Hall–Kier alpha value is -3.69. The van der Waals surface area contributed by atoms with Crippen LogP contribution in [-0.2, 0) is 32.8 Å². The third-order valence-corrected chi connectivity index (χ3v) is 8.60. The molecule has 0 fully saturated rings. The van der Waals surface area contributed by atoms with Crippen molar-refractivity contribution in [2.45, 2.75) is 59.7 Å². The number of benzene rings is 3. The minimum absolute atomic E-state index is 0.141. The molecule has 0 saturated heterocycles. The first-order valence-corrected chi connectivity index (χ1v) is 15.2. The maximum atomic E-state index is 14.3. The maximum Gasteiger partial charge on any atom is 0.304 e. The molecule has 3 aromatic carbocycles. The van der Waals surface area contributed by atoms with Gasteiger partial charge in [-0.2, -0.15) is 12.7 Å². The molecular weight excluding hydrogens is 536 g/mol. The lowest BCUT2D eigenvalue weighted by atomic mass is 10.0. The average molecular weight is 579 g/mol. The quantitative estimate of drug-likeness (QED) is 0.345. The number of nitrogens with zero attached hydrogens (tertiary/aromatic N) is 3. The van der Waals surface area contributed by atoms with Gasteiger partial charge >= 0.3 is 10.2 Å². The van der Waals surface area contributed by atoms with E-state index < -0.39 is 28.7 Å². The van der Waals surface area contributed by atoms with Crippen molar-refractivity contribution in [1.82, 2.24) is 14.5 Å². The molecule has 1 atom stereocenters. The van der Waals surface area contributed by atoms with E-state index in [9.17, 15) is 18.0 Å². The standard InChI is InChI=1S/C32H42N4O4S/c1-23(2)33-32(38)30(20-27-13-9-8-10-14-27)35(21-28-15-11-12-24(3)18-28)31(37)22-36(41(39,40)34(6)7)29-19-25(4)16-17-26(29)5/h8-19,23,30H,20-22H2,1-7H3,(H,33,38)/t30-/m0/s1. The monoisotopic (exact) mass is 578 g/mol. The highest BCUT2D eigenvalue weighted by Crippen LogP contribution is 2.26. The normalized spacial score (nSPS) is 12.3. The van der Waals surface area contributed by atoms with Crippen LogP contribution in [0.3, 0.4) is 0 Å². The van der Waals surface area contributed by atoms with Gasteiger partial charge in [0.05, 0.1) is 5.69 Å². The van der Waals surface area contributed by atoms with E-state index in [-0.39, 0.29) is 24.9 Å². The summed E-state index contributed by atoms with van der Waals surface area (Å²) in [6.45, 7) is 9.08. The molecule has 0 aliphatic heterocycles. The molecule has 220 valence electrons. The van der Waals surface area contributed by atoms with Gasteiger partial charge in [-0.15, -0.1) is 0 Å². The van der Waals surface area contributed by atoms with Crippen LogP contribution in [0.5, 0.6) is 0 Å². The first-order valence-electron chi connectivity index (χ1n) is 13.8. The Morgan fingerprint density at radius 2 is 1.46 bits per heavy atom. The van der Waals surface area contributed by atoms with Crippen molar-refractivity contribution in [3.8, 4) is 0 Å². The molecule has 8 nitrogen and oxygen atoms in total. The third kappa shape index (κ3) is 8.41. The van der Waals surface area contributed by atoms with Crippen LogP contribution in [0.15, 0.2) is 72.8 Å². The summed E-state index contributed by atoms with van der Waals surface area (Å²) in [6.07, 6.45) is 0.279. The van der Waals surface area contributed by atoms with Crippen LogP contribution in [0.4, 0.5) is 5.69 Å². The molecule has 0 saturated carbocycles. The van der Waals surface area contributed by atoms with E-state index in [0.29, 0.717) is 5.69 Å². The number of amides is 2. The lowest BCUT2D eigenvalue weighted by Gasteiger charge is -2.35. The number of hydrogen-bond donors (Lipinski definition) is 1. The highest BCUT2D eigenvalue weighted by atomic mass is 32.2. The molecule has 2 amide bonds. The summed E-state index contributed by atoms with van der Waals surface area (Å²) in [4.78, 5) is 29.5. The van der Waals surface area contributed by atoms with Crippen LogP contribution in [0.2, 0.25) is 0 Å². The summed E-state index contributed by atoms with van der Waals surface area (Å²) in [7, 11) is -1.16. The second kappa shape index (κ2) is 13.8. The van der Waals surface area contributed by atoms with Crippen LogP contribution in [0.1, 0.15) is 41.7 Å². The van der Waals surface area contributed by atoms with E-state index in [1.807, 2.05) is 101 Å². The van der Waals surface area contributed by atoms with Gasteiger partial charge in [-0.1, -0.05) is 72.3 Å². The highest BCUT2D eigenvalue weighted by molar-refractivity contribution is 7.90. The van der Waals surface area contributed by atoms with Crippen LogP contribution < -0.4 is 9.62 Å². The van der Waals surface area contributed by atoms with Gasteiger partial charge in [0, 0.05) is 33.1 Å². The second-order valence-electron chi connectivity index (χ2n) is 11.0. The molecule has 0 unspecified atom stereocenters. The van der Waals surface area contributed by atoms with Crippen LogP contribution >= 0.6 is 0 Å². The number of aryl methyl sites for hydroxylation is 3. The van der Waals surface area contributed by atoms with Crippen molar-refractivity contribution in [3.63, 3.8) is 0 Å². The molecule has 0 radical (unpaired) electrons. The average Bonchev–Trinajstić information content (AvgIpc) is 2.90. The molecule has 0 heterocycles. The van der Waals surface area contributed by atoms with E-state index in [1.54, 1.807) is 6.07 Å². The van der Waals surface area contributed by atoms with Gasteiger partial charge in [0.1, 0.15) is 12.6 Å². The number of nitrogens with one attached hydrogen (secondary N) is 1. The van der Waals surface area contributed by atoms with Gasteiger partial charge in [0.2, 0.25) is 11.8 Å². The Morgan fingerprint density at radius 3 is 2.07 bits per heavy atom. The zero-order valence-electron chi connectivity index (χ0n) is 25.1. The third-order valence-electron chi connectivity index (χ3n) is 6.79. The van der Waals surface area contributed by atoms with Crippen molar-refractivity contribution in [2.75, 3.05) is 24.9 Å². The molecule has 3 rings (SSSR count). The van der Waals surface area contributed by atoms with Crippen molar-refractivity contribution >= 4 is 27.7 Å². The molecule has 0 bridgehead atoms. The van der Waals surface area contributed by atoms with E-state index in [0.717, 1.165) is 36.4 Å². The number of anilines is 1. The number of carbonyl (C=O) groups is 2. The van der Waals surface area contributed by atoms with Crippen LogP contribution in [0, 0.1) is 20.8 Å². The number of carbonyl (C=O) groups excluding carboxylic acids is 2. The van der Waals surface area contributed by atoms with Crippen LogP contribution in [-0.4, -0.2) is 62.2 Å². The Kier molecular flexibility index (Phi) is 10.7. The smallest absolute Gasteiger partial charge is 0.304 e. The maximum absolute atomic E-state index is 14.3. The Balaban J connectivity index is 2.13. The van der Waals surface area contributed by atoms with E-state index in [1.165, 1.54) is 19.0 Å². The van der Waals surface area contributed by atoms with E-state index >= 15 is 0 Å². The first-order chi connectivity index (χ1) is 19.3. The fraction of sp³-hybridized carbons (Fsp3) is 0.375. The van der Waals surface area contributed by atoms with Gasteiger partial charge < -0.3 is 10.2 Å². The molecule has 0 spiro atoms. The molecule has 41 heavy (non-hydrogen) atoms. The molecule has 1 N–H and O–H groups in total. The minimum Gasteiger partial charge on any atom is -0.352 e. The SMILES string of the molecule is Cc1cccc(CN(C(=O)CN(c2cc(C)ccc2C)S(=O)(=O)N(C)C)[C@@H](Cc2ccccc2)C(=O)NC(C)C)c1. The van der Waals surface area contributed by atoms with Crippen LogP contribution in [0.25, 0.3) is 0 Å². The topological polar surface area (TPSA) is 90.0 Å². The molecule has 3 aromatic rings. The van der Waals surface area contributed by atoms with Crippen molar-refractivity contribution in [1.29, 1.82) is 0 Å². The summed E-state index contributed by atoms with van der Waals surface area (Å²) >= 11 is 0. The highest BCUT2D eigenvalue weighted by Gasteiger charge is 2.35. The van der Waals surface area contributed by atoms with Gasteiger partial charge in [-0.25, -0.2) is 4.31 Å². The summed E-state index contributed by atoms with van der Waals surface area (Å²) in [5, 5.41) is 2.97. The van der Waals surface area contributed by atoms with Crippen molar-refractivity contribution < 1.29 is 18.0 Å². The zero-order chi connectivity index (χ0) is 30.3. The van der Waals surface area contributed by atoms with Gasteiger partial charge in [0.15, 0.2) is 0 Å². The number of hydrogen-bond acceptors (Lipinski definition) is 4. The number of rotatable bonds is 12. The summed E-state index contributed by atoms with van der Waals surface area (Å²) in [6, 6.07) is 21.8. The predicted octanol–water partition coefficient (Wildman–Crippen LogP) is 4.39. The molecule has 9 heteroatoms. The first kappa shape index (κ1) is 31.8. The molecule has 0 aliphatic rings. The molecule has 0 aliphatic carbocycles. The van der Waals surface area contributed by atoms with Gasteiger partial charge in [-0.3, -0.25) is 9.59 Å². The van der Waals surface area contributed by atoms with E-state index in [4.69, 9.17) is 0 Å². The Labute approximate surface area is 245 Å². The summed E-state index contributed by atoms with van der Waals surface area (Å²) in [5.74, 6) is -0.767. The predicted molar refractivity (Wildman–Crippen MR) is 165 cm³/mol. The summed E-state index contributed by atoms with van der Waals surface area (Å²) in [5.41, 5.74) is 4.78. The molecule has 0 aromatic heterocycles. The van der Waals surface area contributed by atoms with Crippen molar-refractivity contribution in [3.05, 3.63) is 101 Å². The largest absolute Gasteiger partial charge is 0.352 e. The second-order valence-corrected chi connectivity index (χ2v) is 13.0. The fourth-order valence-corrected chi connectivity index (χ4v) is 5.74. The summed E-state index contributed by atoms with van der Waals surface area (Å²) < 4.78 is 29.4. The van der Waals surface area contributed by atoms with Crippen molar-refractivity contribution in [2.24, 2.45) is 0 Å². The van der Waals surface area contributed by atoms with E-state index in [2.05, 4.69) is 5.32 Å². The zero-order valence-corrected chi connectivity index (χ0v) is 25.9. The Bertz CT molecular complexity index is 1460. The van der Waals surface area contributed by atoms with Gasteiger partial charge in [-0.05, 0) is 62.9 Å².